The van der Waals surface area contributed by atoms with E-state index < -0.39 is 59.6 Å². The molecule has 1 aliphatic carbocycles. The zero-order valence-electron chi connectivity index (χ0n) is 18.0. The maximum atomic E-state index is 15.6. The van der Waals surface area contributed by atoms with E-state index in [1.165, 1.54) is 11.5 Å². The number of rotatable bonds is 4. The number of anilines is 1. The van der Waals surface area contributed by atoms with Gasteiger partial charge in [-0.3, -0.25) is 14.3 Å². The van der Waals surface area contributed by atoms with Gasteiger partial charge in [-0.2, -0.15) is 26.3 Å². The highest BCUT2D eigenvalue weighted by Crippen LogP contribution is 2.50. The van der Waals surface area contributed by atoms with Crippen LogP contribution in [0.25, 0.3) is 10.9 Å². The highest BCUT2D eigenvalue weighted by atomic mass is 19.4. The molecule has 7 nitrogen and oxygen atoms in total. The van der Waals surface area contributed by atoms with E-state index >= 15 is 4.39 Å². The molecule has 0 spiro atoms. The van der Waals surface area contributed by atoms with Gasteiger partial charge >= 0.3 is 18.0 Å². The van der Waals surface area contributed by atoms with Crippen LogP contribution in [0.15, 0.2) is 9.59 Å². The van der Waals surface area contributed by atoms with Crippen molar-refractivity contribution in [2.24, 2.45) is 11.7 Å². The van der Waals surface area contributed by atoms with Crippen molar-refractivity contribution in [3.8, 4) is 5.75 Å². The number of halogens is 7. The minimum Gasteiger partial charge on any atom is -0.493 e. The van der Waals surface area contributed by atoms with E-state index in [0.29, 0.717) is 12.8 Å². The smallest absolute Gasteiger partial charge is 0.415 e. The zero-order chi connectivity index (χ0) is 25.4. The number of aryl methyl sites for hydroxylation is 1. The van der Waals surface area contributed by atoms with Gasteiger partial charge in [0.15, 0.2) is 11.6 Å². The Kier molecular flexibility index (Phi) is 5.46. The molecule has 2 aliphatic rings. The van der Waals surface area contributed by atoms with E-state index in [9.17, 15) is 35.9 Å². The van der Waals surface area contributed by atoms with Crippen LogP contribution >= 0.6 is 0 Å². The number of hydrogen-bond donors (Lipinski definition) is 2. The molecular weight excluding hydrogens is 477 g/mol. The van der Waals surface area contributed by atoms with Crippen molar-refractivity contribution in [2.75, 3.05) is 25.1 Å². The Morgan fingerprint density at radius 1 is 1.06 bits per heavy atom. The summed E-state index contributed by atoms with van der Waals surface area (Å²) in [5.41, 5.74) is -1.49. The molecule has 2 heterocycles. The molecule has 1 aromatic carbocycles. The second-order valence-corrected chi connectivity index (χ2v) is 8.70. The number of nitrogens with one attached hydrogen (secondary N) is 1. The molecule has 1 aromatic heterocycles. The fourth-order valence-corrected chi connectivity index (χ4v) is 4.83. The first-order valence-electron chi connectivity index (χ1n) is 10.4. The molecule has 0 radical (unpaired) electrons. The molecule has 3 N–H and O–H groups in total. The monoisotopic (exact) mass is 498 g/mol. The van der Waals surface area contributed by atoms with E-state index in [1.807, 2.05) is 0 Å². The molecule has 1 unspecified atom stereocenters. The van der Waals surface area contributed by atoms with Gasteiger partial charge in [-0.15, -0.1) is 0 Å². The number of aromatic amines is 1. The molecule has 0 bridgehead atoms. The first-order valence-corrected chi connectivity index (χ1v) is 10.4. The maximum Gasteiger partial charge on any atom is 0.415 e. The summed E-state index contributed by atoms with van der Waals surface area (Å²) in [4.78, 5) is 28.2. The molecule has 2 aromatic rings. The molecule has 188 valence electrons. The van der Waals surface area contributed by atoms with Crippen LogP contribution in [-0.4, -0.2) is 47.6 Å². The molecule has 1 saturated heterocycles. The van der Waals surface area contributed by atoms with Gasteiger partial charge in [-0.1, -0.05) is 0 Å². The van der Waals surface area contributed by atoms with E-state index in [4.69, 9.17) is 10.5 Å². The predicted molar refractivity (Wildman–Crippen MR) is 108 cm³/mol. The van der Waals surface area contributed by atoms with Crippen LogP contribution in [-0.2, 0) is 0 Å². The fourth-order valence-electron chi connectivity index (χ4n) is 4.83. The summed E-state index contributed by atoms with van der Waals surface area (Å²) >= 11 is 0. The van der Waals surface area contributed by atoms with E-state index in [1.54, 1.807) is 0 Å². The number of nitrogens with zero attached hydrogens (tertiary/aromatic N) is 2. The number of methoxy groups -OCH3 is 1. The SMILES string of the molecule is COc1c(F)c(N2CCC(C(N)(C(F)(F)F)C(F)(F)F)C2)c(C)c2c1c(=O)[nH]c(=O)n2C1CC1. The van der Waals surface area contributed by atoms with Gasteiger partial charge in [-0.05, 0) is 26.2 Å². The Balaban J connectivity index is 1.91. The third-order valence-corrected chi connectivity index (χ3v) is 6.69. The van der Waals surface area contributed by atoms with Crippen LogP contribution in [0.2, 0.25) is 0 Å². The van der Waals surface area contributed by atoms with Crippen molar-refractivity contribution in [1.29, 1.82) is 0 Å². The van der Waals surface area contributed by atoms with Crippen molar-refractivity contribution in [1.82, 2.24) is 9.55 Å². The standard InChI is InChI=1S/C20H21F7N4O3/c1-8-13-11(16(32)29-17(33)31(13)10-3-4-10)15(34-2)12(21)14(8)30-6-5-9(7-30)18(28,19(22,23)24)20(25,26)27/h9-10H,3-7,28H2,1-2H3,(H,29,32,33). The lowest BCUT2D eigenvalue weighted by Gasteiger charge is -2.38. The Hall–Kier alpha value is -2.77. The van der Waals surface area contributed by atoms with Gasteiger partial charge in [-0.25, -0.2) is 9.18 Å². The molecule has 1 saturated carbocycles. The van der Waals surface area contributed by atoms with Crippen LogP contribution in [0.1, 0.15) is 30.9 Å². The quantitative estimate of drug-likeness (QED) is 0.632. The maximum absolute atomic E-state index is 15.6. The lowest BCUT2D eigenvalue weighted by atomic mass is 9.82. The first-order chi connectivity index (χ1) is 15.6. The molecule has 14 heteroatoms. The second kappa shape index (κ2) is 7.62. The summed E-state index contributed by atoms with van der Waals surface area (Å²) in [6, 6.07) is -0.285. The molecule has 1 atom stereocenters. The van der Waals surface area contributed by atoms with Crippen LogP contribution in [0.5, 0.6) is 5.75 Å². The second-order valence-electron chi connectivity index (χ2n) is 8.70. The summed E-state index contributed by atoms with van der Waals surface area (Å²) in [7, 11) is 1.06. The molecular formula is C20H21F7N4O3. The number of benzene rings is 1. The van der Waals surface area contributed by atoms with E-state index in [0.717, 1.165) is 12.0 Å². The Bertz CT molecular complexity index is 1250. The number of fused-ring (bicyclic) bond motifs is 1. The molecule has 34 heavy (non-hydrogen) atoms. The van der Waals surface area contributed by atoms with E-state index in [2.05, 4.69) is 4.98 Å². The Morgan fingerprint density at radius 3 is 2.15 bits per heavy atom. The van der Waals surface area contributed by atoms with Crippen LogP contribution in [0.3, 0.4) is 0 Å². The third kappa shape index (κ3) is 3.36. The third-order valence-electron chi connectivity index (χ3n) is 6.69. The van der Waals surface area contributed by atoms with Gasteiger partial charge in [0.25, 0.3) is 5.56 Å². The number of hydrogen-bond acceptors (Lipinski definition) is 5. The first kappa shape index (κ1) is 24.4. The summed E-state index contributed by atoms with van der Waals surface area (Å²) in [5, 5.41) is -0.262. The predicted octanol–water partition coefficient (Wildman–Crippen LogP) is 3.13. The average molecular weight is 498 g/mol. The topological polar surface area (TPSA) is 93.3 Å². The summed E-state index contributed by atoms with van der Waals surface area (Å²) in [6.45, 7) is 0.145. The van der Waals surface area contributed by atoms with E-state index in [-0.39, 0.29) is 34.7 Å². The molecule has 4 rings (SSSR count). The summed E-state index contributed by atoms with van der Waals surface area (Å²) < 4.78 is 103. The Morgan fingerprint density at radius 2 is 1.65 bits per heavy atom. The lowest BCUT2D eigenvalue weighted by Crippen LogP contribution is -2.68. The lowest BCUT2D eigenvalue weighted by molar-refractivity contribution is -0.309. The Labute approximate surface area is 187 Å². The van der Waals surface area contributed by atoms with Crippen molar-refractivity contribution in [2.45, 2.75) is 50.1 Å². The average Bonchev–Trinajstić information content (AvgIpc) is 3.43. The minimum atomic E-state index is -5.79. The van der Waals surface area contributed by atoms with Crippen LogP contribution in [0.4, 0.5) is 36.4 Å². The normalized spacial score (nSPS) is 19.8. The highest BCUT2D eigenvalue weighted by Gasteiger charge is 2.72. The minimum absolute atomic E-state index is 0.0265. The number of nitrogens with two attached hydrogens (primary N) is 1. The largest absolute Gasteiger partial charge is 0.493 e. The van der Waals surface area contributed by atoms with Gasteiger partial charge in [0.05, 0.1) is 18.3 Å². The van der Waals surface area contributed by atoms with Crippen molar-refractivity contribution < 1.29 is 35.5 Å². The molecule has 2 fully saturated rings. The van der Waals surface area contributed by atoms with Crippen molar-refractivity contribution in [3.63, 3.8) is 0 Å². The van der Waals surface area contributed by atoms with Gasteiger partial charge < -0.3 is 15.4 Å². The van der Waals surface area contributed by atoms with Gasteiger partial charge in [0.1, 0.15) is 5.39 Å². The summed E-state index contributed by atoms with van der Waals surface area (Å²) in [6.07, 6.45) is -11.0. The number of alkyl halides is 6. The number of ether oxygens (including phenoxy) is 1. The molecule has 1 aliphatic heterocycles. The van der Waals surface area contributed by atoms with Gasteiger partial charge in [0, 0.05) is 30.6 Å². The van der Waals surface area contributed by atoms with Crippen molar-refractivity contribution in [3.05, 3.63) is 32.2 Å². The van der Waals surface area contributed by atoms with Crippen LogP contribution in [0, 0.1) is 18.7 Å². The van der Waals surface area contributed by atoms with Crippen molar-refractivity contribution >= 4 is 16.6 Å². The number of H-pyrrole nitrogens is 1. The van der Waals surface area contributed by atoms with Crippen LogP contribution < -0.4 is 26.6 Å². The van der Waals surface area contributed by atoms with Gasteiger partial charge in [0.2, 0.25) is 5.54 Å². The number of aromatic nitrogens is 2. The fraction of sp³-hybridized carbons (Fsp3) is 0.600. The highest BCUT2D eigenvalue weighted by molar-refractivity contribution is 5.93. The molecule has 0 amide bonds. The zero-order valence-corrected chi connectivity index (χ0v) is 18.0. The summed E-state index contributed by atoms with van der Waals surface area (Å²) in [5.74, 6) is -3.79.